The van der Waals surface area contributed by atoms with Gasteiger partial charge in [-0.1, -0.05) is 0 Å². The highest BCUT2D eigenvalue weighted by molar-refractivity contribution is 4.70. The van der Waals surface area contributed by atoms with Crippen LogP contribution in [0.25, 0.3) is 0 Å². The van der Waals surface area contributed by atoms with E-state index in [0.29, 0.717) is 19.3 Å². The number of hydrogen-bond acceptors (Lipinski definition) is 1. The average molecular weight is 160 g/mol. The van der Waals surface area contributed by atoms with E-state index in [2.05, 4.69) is 4.90 Å². The molecule has 1 aliphatic heterocycles. The first-order valence-electron chi connectivity index (χ1n) is 4.27. The summed E-state index contributed by atoms with van der Waals surface area (Å²) in [7, 11) is 0. The molecule has 1 fully saturated rings. The molecule has 65 valence electrons. The number of nitrogens with zero attached hydrogens (tertiary/aromatic N) is 1. The van der Waals surface area contributed by atoms with Crippen LogP contribution >= 0.6 is 0 Å². The molecule has 1 rings (SSSR count). The van der Waals surface area contributed by atoms with Gasteiger partial charge in [-0.2, -0.15) is 0 Å². The molecule has 0 spiro atoms. The van der Waals surface area contributed by atoms with Crippen LogP contribution in [0.15, 0.2) is 0 Å². The molecule has 0 aromatic rings. The SMILES string of the molecule is [O]CCCN1CCC(F)CC1. The summed E-state index contributed by atoms with van der Waals surface area (Å²) in [5, 5.41) is 10.1. The molecule has 3 heteroatoms. The van der Waals surface area contributed by atoms with Crippen LogP contribution in [0, 0.1) is 0 Å². The lowest BCUT2D eigenvalue weighted by atomic mass is 10.1. The first-order chi connectivity index (χ1) is 5.33. The Kier molecular flexibility index (Phi) is 3.80. The molecule has 1 heterocycles. The molecule has 11 heavy (non-hydrogen) atoms. The van der Waals surface area contributed by atoms with E-state index in [9.17, 15) is 9.50 Å². The molecule has 1 aliphatic rings. The van der Waals surface area contributed by atoms with Crippen LogP contribution in [-0.2, 0) is 5.11 Å². The lowest BCUT2D eigenvalue weighted by Crippen LogP contribution is -2.35. The van der Waals surface area contributed by atoms with Gasteiger partial charge >= 0.3 is 0 Å². The molecule has 0 bridgehead atoms. The Morgan fingerprint density at radius 2 is 2.00 bits per heavy atom. The molecule has 0 amide bonds. The first-order valence-corrected chi connectivity index (χ1v) is 4.27. The van der Waals surface area contributed by atoms with E-state index in [0.717, 1.165) is 19.6 Å². The third-order valence-electron chi connectivity index (χ3n) is 2.14. The van der Waals surface area contributed by atoms with Gasteiger partial charge in [0.25, 0.3) is 0 Å². The molecule has 1 radical (unpaired) electrons. The second kappa shape index (κ2) is 4.67. The van der Waals surface area contributed by atoms with E-state index < -0.39 is 6.17 Å². The molecular weight excluding hydrogens is 145 g/mol. The molecule has 1 saturated heterocycles. The number of likely N-dealkylation sites (tertiary alicyclic amines) is 1. The standard InChI is InChI=1S/C8H15FNO/c9-8-2-5-10(6-3-8)4-1-7-11/h8H,1-7H2. The smallest absolute Gasteiger partial charge is 0.103 e. The minimum absolute atomic E-state index is 0.00441. The number of hydrogen-bond donors (Lipinski definition) is 0. The van der Waals surface area contributed by atoms with Crippen LogP contribution < -0.4 is 0 Å². The van der Waals surface area contributed by atoms with Gasteiger partial charge in [0, 0.05) is 19.6 Å². The Labute approximate surface area is 67.0 Å². The molecule has 0 atom stereocenters. The van der Waals surface area contributed by atoms with Crippen LogP contribution in [0.1, 0.15) is 19.3 Å². The fraction of sp³-hybridized carbons (Fsp3) is 1.00. The van der Waals surface area contributed by atoms with E-state index in [-0.39, 0.29) is 6.61 Å². The summed E-state index contributed by atoms with van der Waals surface area (Å²) in [5.74, 6) is 0. The highest BCUT2D eigenvalue weighted by atomic mass is 19.1. The Morgan fingerprint density at radius 1 is 1.36 bits per heavy atom. The predicted octanol–water partition coefficient (Wildman–Crippen LogP) is 1.24. The van der Waals surface area contributed by atoms with Gasteiger partial charge in [-0.25, -0.2) is 9.50 Å². The van der Waals surface area contributed by atoms with Crippen molar-refractivity contribution in [3.05, 3.63) is 0 Å². The second-order valence-electron chi connectivity index (χ2n) is 3.07. The maximum atomic E-state index is 12.6. The zero-order valence-electron chi connectivity index (χ0n) is 6.76. The van der Waals surface area contributed by atoms with Gasteiger partial charge in [0.05, 0.1) is 6.61 Å². The van der Waals surface area contributed by atoms with Crippen molar-refractivity contribution >= 4 is 0 Å². The lowest BCUT2D eigenvalue weighted by Gasteiger charge is -2.27. The summed E-state index contributed by atoms with van der Waals surface area (Å²) in [6, 6.07) is 0. The van der Waals surface area contributed by atoms with E-state index in [1.54, 1.807) is 0 Å². The van der Waals surface area contributed by atoms with Crippen LogP contribution in [-0.4, -0.2) is 37.3 Å². The maximum absolute atomic E-state index is 12.6. The van der Waals surface area contributed by atoms with E-state index in [1.807, 2.05) is 0 Å². The minimum atomic E-state index is -0.599. The number of halogens is 1. The van der Waals surface area contributed by atoms with Crippen LogP contribution in [0.4, 0.5) is 4.39 Å². The van der Waals surface area contributed by atoms with Crippen molar-refractivity contribution in [3.63, 3.8) is 0 Å². The van der Waals surface area contributed by atoms with E-state index >= 15 is 0 Å². The van der Waals surface area contributed by atoms with Gasteiger partial charge < -0.3 is 4.90 Å². The summed E-state index contributed by atoms with van der Waals surface area (Å²) in [6.07, 6.45) is 1.41. The monoisotopic (exact) mass is 160 g/mol. The van der Waals surface area contributed by atoms with Crippen molar-refractivity contribution in [2.75, 3.05) is 26.2 Å². The Balaban J connectivity index is 2.07. The number of piperidine rings is 1. The van der Waals surface area contributed by atoms with Crippen molar-refractivity contribution < 1.29 is 9.50 Å². The predicted molar refractivity (Wildman–Crippen MR) is 40.7 cm³/mol. The summed E-state index contributed by atoms with van der Waals surface area (Å²) in [5.41, 5.74) is 0. The third kappa shape index (κ3) is 3.16. The largest absolute Gasteiger partial charge is 0.303 e. The molecular formula is C8H15FNO. The zero-order valence-corrected chi connectivity index (χ0v) is 6.76. The third-order valence-corrected chi connectivity index (χ3v) is 2.14. The minimum Gasteiger partial charge on any atom is -0.303 e. The van der Waals surface area contributed by atoms with E-state index in [1.165, 1.54) is 0 Å². The Bertz CT molecular complexity index is 99.5. The van der Waals surface area contributed by atoms with Crippen molar-refractivity contribution in [1.29, 1.82) is 0 Å². The van der Waals surface area contributed by atoms with Crippen molar-refractivity contribution in [2.45, 2.75) is 25.4 Å². The summed E-state index contributed by atoms with van der Waals surface area (Å²) < 4.78 is 12.6. The molecule has 2 nitrogen and oxygen atoms in total. The van der Waals surface area contributed by atoms with Crippen LogP contribution in [0.3, 0.4) is 0 Å². The average Bonchev–Trinajstić information content (AvgIpc) is 2.04. The number of rotatable bonds is 3. The van der Waals surface area contributed by atoms with Gasteiger partial charge in [-0.15, -0.1) is 0 Å². The molecule has 0 aliphatic carbocycles. The summed E-state index contributed by atoms with van der Waals surface area (Å²) >= 11 is 0. The Morgan fingerprint density at radius 3 is 2.55 bits per heavy atom. The number of alkyl halides is 1. The summed E-state index contributed by atoms with van der Waals surface area (Å²) in [4.78, 5) is 2.17. The zero-order chi connectivity index (χ0) is 8.10. The summed E-state index contributed by atoms with van der Waals surface area (Å²) in [6.45, 7) is 2.52. The second-order valence-corrected chi connectivity index (χ2v) is 3.07. The maximum Gasteiger partial charge on any atom is 0.103 e. The molecule has 0 unspecified atom stereocenters. The van der Waals surface area contributed by atoms with Gasteiger partial charge in [0.15, 0.2) is 0 Å². The fourth-order valence-corrected chi connectivity index (χ4v) is 1.41. The van der Waals surface area contributed by atoms with Gasteiger partial charge in [-0.05, 0) is 19.3 Å². The highest BCUT2D eigenvalue weighted by Crippen LogP contribution is 2.12. The molecule has 0 N–H and O–H groups in total. The van der Waals surface area contributed by atoms with Gasteiger partial charge in [0.1, 0.15) is 6.17 Å². The van der Waals surface area contributed by atoms with Crippen molar-refractivity contribution in [1.82, 2.24) is 4.90 Å². The van der Waals surface area contributed by atoms with Crippen LogP contribution in [0.5, 0.6) is 0 Å². The topological polar surface area (TPSA) is 23.1 Å². The van der Waals surface area contributed by atoms with Gasteiger partial charge in [0.2, 0.25) is 0 Å². The van der Waals surface area contributed by atoms with Crippen LogP contribution in [0.2, 0.25) is 0 Å². The highest BCUT2D eigenvalue weighted by Gasteiger charge is 2.17. The molecule has 0 aromatic heterocycles. The molecule has 0 saturated carbocycles. The first kappa shape index (κ1) is 8.94. The fourth-order valence-electron chi connectivity index (χ4n) is 1.41. The Hall–Kier alpha value is -0.150. The normalized spacial score (nSPS) is 22.4. The van der Waals surface area contributed by atoms with Gasteiger partial charge in [-0.3, -0.25) is 0 Å². The quantitative estimate of drug-likeness (QED) is 0.609. The molecule has 0 aromatic carbocycles. The lowest BCUT2D eigenvalue weighted by molar-refractivity contribution is 0.127. The van der Waals surface area contributed by atoms with Crippen molar-refractivity contribution in [2.24, 2.45) is 0 Å². The van der Waals surface area contributed by atoms with Crippen molar-refractivity contribution in [3.8, 4) is 0 Å². The van der Waals surface area contributed by atoms with E-state index in [4.69, 9.17) is 0 Å².